The lowest BCUT2D eigenvalue weighted by molar-refractivity contribution is -0.216. The Kier molecular flexibility index (Phi) is 3.79. The van der Waals surface area contributed by atoms with Crippen LogP contribution in [0.15, 0.2) is 24.3 Å². The normalized spacial score (nSPS) is 9.69. The molecule has 3 nitrogen and oxygen atoms in total. The monoisotopic (exact) mass is 198 g/mol. The van der Waals surface area contributed by atoms with Gasteiger partial charge >= 0.3 is 5.97 Å². The zero-order chi connectivity index (χ0) is 9.68. The van der Waals surface area contributed by atoms with Gasteiger partial charge in [0.15, 0.2) is 0 Å². The number of rotatable bonds is 3. The summed E-state index contributed by atoms with van der Waals surface area (Å²) in [7, 11) is 1.29. The minimum absolute atomic E-state index is 0.465. The fraction of sp³-hybridized carbons (Fsp3) is 0.222. The lowest BCUT2D eigenvalue weighted by Crippen LogP contribution is -2.03. The first kappa shape index (κ1) is 10.1. The fourth-order valence-electron chi connectivity index (χ4n) is 0.870. The van der Waals surface area contributed by atoms with Crippen molar-refractivity contribution in [3.63, 3.8) is 0 Å². The van der Waals surface area contributed by atoms with Gasteiger partial charge in [-0.05, 0) is 17.7 Å². The zero-order valence-corrected chi connectivity index (χ0v) is 8.08. The lowest BCUT2D eigenvalue weighted by Gasteiger charge is -2.00. The van der Waals surface area contributed by atoms with Crippen LogP contribution in [0.4, 0.5) is 0 Å². The largest absolute Gasteiger partial charge is 0.373 e. The summed E-state index contributed by atoms with van der Waals surface area (Å²) in [5.41, 5.74) is 1.52. The number of hydrogen-bond acceptors (Lipinski definition) is 4. The molecule has 1 aromatic carbocycles. The van der Waals surface area contributed by atoms with Crippen LogP contribution in [0.25, 0.3) is 0 Å². The SMILES string of the molecule is COOC(=O)c1ccc(CS)cc1. The van der Waals surface area contributed by atoms with Crippen molar-refractivity contribution in [1.29, 1.82) is 0 Å². The molecule has 0 aliphatic carbocycles. The van der Waals surface area contributed by atoms with Crippen molar-refractivity contribution in [3.8, 4) is 0 Å². The van der Waals surface area contributed by atoms with E-state index in [0.29, 0.717) is 11.3 Å². The average Bonchev–Trinajstić information content (AvgIpc) is 2.18. The molecule has 0 bridgehead atoms. The second-order valence-corrected chi connectivity index (χ2v) is 2.71. The second-order valence-electron chi connectivity index (χ2n) is 2.39. The third-order valence-corrected chi connectivity index (χ3v) is 1.90. The lowest BCUT2D eigenvalue weighted by atomic mass is 10.1. The van der Waals surface area contributed by atoms with Crippen LogP contribution in [-0.2, 0) is 15.5 Å². The number of thiol groups is 1. The maximum atomic E-state index is 11.1. The summed E-state index contributed by atoms with van der Waals surface area (Å²) in [4.78, 5) is 19.7. The van der Waals surface area contributed by atoms with Crippen LogP contribution in [0, 0.1) is 0 Å². The van der Waals surface area contributed by atoms with Gasteiger partial charge < -0.3 is 0 Å². The number of benzene rings is 1. The van der Waals surface area contributed by atoms with E-state index in [1.54, 1.807) is 12.1 Å². The van der Waals surface area contributed by atoms with E-state index in [-0.39, 0.29) is 0 Å². The van der Waals surface area contributed by atoms with Crippen molar-refractivity contribution in [2.75, 3.05) is 7.11 Å². The molecule has 4 heteroatoms. The third-order valence-electron chi connectivity index (χ3n) is 1.53. The fourth-order valence-corrected chi connectivity index (χ4v) is 1.08. The van der Waals surface area contributed by atoms with E-state index in [1.807, 2.05) is 12.1 Å². The maximum Gasteiger partial charge on any atom is 0.373 e. The molecule has 0 fully saturated rings. The van der Waals surface area contributed by atoms with E-state index < -0.39 is 5.97 Å². The van der Waals surface area contributed by atoms with Crippen LogP contribution in [0.3, 0.4) is 0 Å². The third kappa shape index (κ3) is 2.75. The standard InChI is InChI=1S/C9H10O3S/c1-11-12-9(10)8-4-2-7(6-13)3-5-8/h2-5,13H,6H2,1H3. The second kappa shape index (κ2) is 4.89. The van der Waals surface area contributed by atoms with Gasteiger partial charge in [-0.15, -0.1) is 0 Å². The van der Waals surface area contributed by atoms with Crippen LogP contribution in [0.2, 0.25) is 0 Å². The Morgan fingerprint density at radius 1 is 1.38 bits per heavy atom. The summed E-state index contributed by atoms with van der Waals surface area (Å²) >= 11 is 4.10. The van der Waals surface area contributed by atoms with Crippen LogP contribution in [0.5, 0.6) is 0 Å². The van der Waals surface area contributed by atoms with E-state index in [2.05, 4.69) is 22.4 Å². The van der Waals surface area contributed by atoms with Gasteiger partial charge in [0, 0.05) is 5.75 Å². The molecule has 0 aliphatic rings. The van der Waals surface area contributed by atoms with Gasteiger partial charge in [-0.2, -0.15) is 17.5 Å². The molecule has 0 atom stereocenters. The molecule has 1 rings (SSSR count). The van der Waals surface area contributed by atoms with Crippen molar-refractivity contribution < 1.29 is 14.6 Å². The van der Waals surface area contributed by atoms with Crippen LogP contribution in [0.1, 0.15) is 15.9 Å². The predicted molar refractivity (Wildman–Crippen MR) is 51.6 cm³/mol. The van der Waals surface area contributed by atoms with Crippen LogP contribution in [-0.4, -0.2) is 13.1 Å². The van der Waals surface area contributed by atoms with E-state index in [4.69, 9.17) is 0 Å². The molecular weight excluding hydrogens is 188 g/mol. The quantitative estimate of drug-likeness (QED) is 0.457. The summed E-state index contributed by atoms with van der Waals surface area (Å²) < 4.78 is 0. The Morgan fingerprint density at radius 2 is 2.00 bits per heavy atom. The number of carbonyl (C=O) groups is 1. The number of carbonyl (C=O) groups excluding carboxylic acids is 1. The first-order valence-electron chi connectivity index (χ1n) is 3.72. The van der Waals surface area contributed by atoms with E-state index in [9.17, 15) is 4.79 Å². The van der Waals surface area contributed by atoms with Gasteiger partial charge in [0.05, 0.1) is 12.7 Å². The minimum atomic E-state index is -0.492. The predicted octanol–water partition coefficient (Wildman–Crippen LogP) is 1.83. The highest BCUT2D eigenvalue weighted by atomic mass is 32.1. The smallest absolute Gasteiger partial charge is 0.293 e. The molecule has 70 valence electrons. The Labute approximate surface area is 82.0 Å². The Morgan fingerprint density at radius 3 is 2.46 bits per heavy atom. The molecule has 0 radical (unpaired) electrons. The Hall–Kier alpha value is -1.00. The summed E-state index contributed by atoms with van der Waals surface area (Å²) in [6, 6.07) is 6.98. The molecule has 0 saturated heterocycles. The molecule has 0 unspecified atom stereocenters. The molecule has 0 heterocycles. The summed E-state index contributed by atoms with van der Waals surface area (Å²) in [6.07, 6.45) is 0. The van der Waals surface area contributed by atoms with Gasteiger partial charge in [0.25, 0.3) is 0 Å². The van der Waals surface area contributed by atoms with Crippen molar-refractivity contribution >= 4 is 18.6 Å². The molecule has 13 heavy (non-hydrogen) atoms. The molecule has 0 spiro atoms. The molecule has 0 aliphatic heterocycles. The Bertz CT molecular complexity index is 281. The molecule has 1 aromatic rings. The average molecular weight is 198 g/mol. The van der Waals surface area contributed by atoms with Crippen molar-refractivity contribution in [2.45, 2.75) is 5.75 Å². The van der Waals surface area contributed by atoms with Crippen molar-refractivity contribution in [2.24, 2.45) is 0 Å². The Balaban J connectivity index is 2.74. The summed E-state index contributed by atoms with van der Waals surface area (Å²) in [5, 5.41) is 0. The summed E-state index contributed by atoms with van der Waals surface area (Å²) in [6.45, 7) is 0. The van der Waals surface area contributed by atoms with Crippen molar-refractivity contribution in [3.05, 3.63) is 35.4 Å². The van der Waals surface area contributed by atoms with Crippen LogP contribution >= 0.6 is 12.6 Å². The highest BCUT2D eigenvalue weighted by Crippen LogP contribution is 2.07. The summed E-state index contributed by atoms with van der Waals surface area (Å²) in [5.74, 6) is 0.160. The molecule has 0 amide bonds. The molecule has 0 saturated carbocycles. The van der Waals surface area contributed by atoms with E-state index in [0.717, 1.165) is 5.56 Å². The molecule has 0 N–H and O–H groups in total. The molecular formula is C9H10O3S. The van der Waals surface area contributed by atoms with Crippen LogP contribution < -0.4 is 0 Å². The van der Waals surface area contributed by atoms with E-state index in [1.165, 1.54) is 7.11 Å². The first-order chi connectivity index (χ1) is 6.27. The number of hydrogen-bond donors (Lipinski definition) is 1. The highest BCUT2D eigenvalue weighted by Gasteiger charge is 2.06. The van der Waals surface area contributed by atoms with Gasteiger partial charge in [-0.1, -0.05) is 12.1 Å². The van der Waals surface area contributed by atoms with Gasteiger partial charge in [-0.3, -0.25) is 4.89 Å². The van der Waals surface area contributed by atoms with Gasteiger partial charge in [0.2, 0.25) is 0 Å². The first-order valence-corrected chi connectivity index (χ1v) is 4.36. The van der Waals surface area contributed by atoms with Gasteiger partial charge in [-0.25, -0.2) is 4.79 Å². The topological polar surface area (TPSA) is 35.5 Å². The molecule has 0 aromatic heterocycles. The van der Waals surface area contributed by atoms with Crippen molar-refractivity contribution in [1.82, 2.24) is 0 Å². The maximum absolute atomic E-state index is 11.1. The minimum Gasteiger partial charge on any atom is -0.293 e. The van der Waals surface area contributed by atoms with Gasteiger partial charge in [0.1, 0.15) is 0 Å². The zero-order valence-electron chi connectivity index (χ0n) is 7.19. The van der Waals surface area contributed by atoms with E-state index >= 15 is 0 Å². The highest BCUT2D eigenvalue weighted by molar-refractivity contribution is 7.79.